The van der Waals surface area contributed by atoms with E-state index in [-0.39, 0.29) is 12.8 Å². The van der Waals surface area contributed by atoms with Gasteiger partial charge in [-0.2, -0.15) is 4.73 Å². The monoisotopic (exact) mass is 208 g/mol. The Morgan fingerprint density at radius 1 is 1.40 bits per heavy atom. The van der Waals surface area contributed by atoms with Crippen LogP contribution in [0.1, 0.15) is 50.7 Å². The fourth-order valence-corrected chi connectivity index (χ4v) is 2.33. The Hall–Kier alpha value is -1.25. The van der Waals surface area contributed by atoms with Crippen LogP contribution in [0.5, 0.6) is 0 Å². The molecule has 1 fully saturated rings. The lowest BCUT2D eigenvalue weighted by Crippen LogP contribution is -2.23. The van der Waals surface area contributed by atoms with Crippen LogP contribution in [-0.4, -0.2) is 9.94 Å². The van der Waals surface area contributed by atoms with Crippen LogP contribution in [0.25, 0.3) is 0 Å². The Morgan fingerprint density at radius 2 is 2.13 bits per heavy atom. The minimum absolute atomic E-state index is 0.0931. The number of rotatable bonds is 1. The maximum atomic E-state index is 11.5. The molecule has 1 aromatic rings. The molecule has 1 heterocycles. The van der Waals surface area contributed by atoms with Crippen molar-refractivity contribution in [2.75, 3.05) is 0 Å². The molecule has 0 radical (unpaired) electrons. The third-order valence-electron chi connectivity index (χ3n) is 3.12. The molecule has 0 aliphatic heterocycles. The van der Waals surface area contributed by atoms with Gasteiger partial charge in [-0.05, 0) is 31.4 Å². The molecule has 3 heteroatoms. The highest BCUT2D eigenvalue weighted by molar-refractivity contribution is 5.19. The van der Waals surface area contributed by atoms with E-state index in [1.54, 1.807) is 6.07 Å². The Labute approximate surface area is 90.7 Å². The maximum Gasteiger partial charge on any atom is 0.283 e. The van der Waals surface area contributed by atoms with Crippen LogP contribution in [0.3, 0.4) is 0 Å². The summed E-state index contributed by atoms with van der Waals surface area (Å²) in [4.78, 5) is 11.5. The Balaban J connectivity index is 2.37. The van der Waals surface area contributed by atoms with Crippen molar-refractivity contribution in [3.63, 3.8) is 0 Å². The summed E-state index contributed by atoms with van der Waals surface area (Å²) in [6, 6.07) is 3.13. The van der Waals surface area contributed by atoms with Gasteiger partial charge in [0.25, 0.3) is 5.56 Å². The third kappa shape index (κ3) is 2.06. The lowest BCUT2D eigenvalue weighted by Gasteiger charge is -2.22. The Bertz CT molecular complexity index is 422. The SMILES string of the molecule is [2H]Cc1cc(C2CCCCC2)n(O)c(=O)c1. The van der Waals surface area contributed by atoms with Crippen LogP contribution in [0, 0.1) is 6.90 Å². The minimum Gasteiger partial charge on any atom is -0.425 e. The van der Waals surface area contributed by atoms with E-state index in [0.29, 0.717) is 11.3 Å². The normalized spacial score (nSPS) is 18.8. The van der Waals surface area contributed by atoms with Crippen LogP contribution >= 0.6 is 0 Å². The largest absolute Gasteiger partial charge is 0.425 e. The average molecular weight is 208 g/mol. The van der Waals surface area contributed by atoms with E-state index in [2.05, 4.69) is 0 Å². The second-order valence-corrected chi connectivity index (χ2v) is 4.27. The summed E-state index contributed by atoms with van der Waals surface area (Å²) >= 11 is 0. The standard InChI is InChI=1S/C12H17NO2/c1-9-7-11(13(15)12(14)8-9)10-5-3-2-4-6-10/h7-8,10,15H,2-6H2,1H3/i1D. The highest BCUT2D eigenvalue weighted by Crippen LogP contribution is 2.31. The molecule has 0 saturated heterocycles. The number of pyridine rings is 1. The summed E-state index contributed by atoms with van der Waals surface area (Å²) in [7, 11) is 0. The van der Waals surface area contributed by atoms with Gasteiger partial charge in [0.2, 0.25) is 0 Å². The lowest BCUT2D eigenvalue weighted by atomic mass is 9.86. The molecule has 2 rings (SSSR count). The fourth-order valence-electron chi connectivity index (χ4n) is 2.33. The van der Waals surface area contributed by atoms with E-state index in [4.69, 9.17) is 1.37 Å². The molecule has 0 bridgehead atoms. The van der Waals surface area contributed by atoms with Crippen molar-refractivity contribution >= 4 is 0 Å². The summed E-state index contributed by atoms with van der Waals surface area (Å²) in [6.45, 7) is 0.0931. The summed E-state index contributed by atoms with van der Waals surface area (Å²) in [5.74, 6) is 0.276. The van der Waals surface area contributed by atoms with Crippen molar-refractivity contribution in [3.05, 3.63) is 33.7 Å². The lowest BCUT2D eigenvalue weighted by molar-refractivity contribution is 0.156. The molecule has 3 nitrogen and oxygen atoms in total. The van der Waals surface area contributed by atoms with E-state index in [9.17, 15) is 10.0 Å². The minimum atomic E-state index is -0.412. The first kappa shape index (κ1) is 9.01. The second kappa shape index (κ2) is 4.09. The van der Waals surface area contributed by atoms with E-state index in [1.807, 2.05) is 0 Å². The van der Waals surface area contributed by atoms with Gasteiger partial charge in [0.05, 0.1) is 5.69 Å². The average Bonchev–Trinajstić information content (AvgIpc) is 2.33. The molecule has 0 aromatic carbocycles. The molecule has 1 N–H and O–H groups in total. The molecule has 0 spiro atoms. The molecular weight excluding hydrogens is 190 g/mol. The molecule has 1 aliphatic rings. The van der Waals surface area contributed by atoms with Crippen LogP contribution in [0.2, 0.25) is 0 Å². The first-order valence-electron chi connectivity index (χ1n) is 6.17. The Morgan fingerprint density at radius 3 is 2.80 bits per heavy atom. The van der Waals surface area contributed by atoms with Crippen molar-refractivity contribution in [1.82, 2.24) is 4.73 Å². The van der Waals surface area contributed by atoms with E-state index in [1.165, 1.54) is 12.5 Å². The van der Waals surface area contributed by atoms with Crippen molar-refractivity contribution in [2.45, 2.75) is 44.9 Å². The zero-order valence-corrected chi connectivity index (χ0v) is 8.78. The predicted octanol–water partition coefficient (Wildman–Crippen LogP) is 2.44. The summed E-state index contributed by atoms with van der Waals surface area (Å²) in [5, 5.41) is 9.71. The van der Waals surface area contributed by atoms with Gasteiger partial charge < -0.3 is 5.21 Å². The smallest absolute Gasteiger partial charge is 0.283 e. The summed E-state index contributed by atoms with van der Waals surface area (Å²) in [5.41, 5.74) is 0.968. The third-order valence-corrected chi connectivity index (χ3v) is 3.12. The van der Waals surface area contributed by atoms with Crippen molar-refractivity contribution in [3.8, 4) is 0 Å². The molecule has 0 unspecified atom stereocenters. The number of aromatic nitrogens is 1. The molecule has 0 atom stereocenters. The van der Waals surface area contributed by atoms with Crippen LogP contribution < -0.4 is 5.56 Å². The van der Waals surface area contributed by atoms with Crippen LogP contribution in [0.4, 0.5) is 0 Å². The number of nitrogens with zero attached hydrogens (tertiary/aromatic N) is 1. The van der Waals surface area contributed by atoms with Gasteiger partial charge in [-0.25, -0.2) is 0 Å². The van der Waals surface area contributed by atoms with Gasteiger partial charge in [0.15, 0.2) is 0 Å². The summed E-state index contributed by atoms with van der Waals surface area (Å²) < 4.78 is 8.05. The first-order valence-corrected chi connectivity index (χ1v) is 5.46. The fraction of sp³-hybridized carbons (Fsp3) is 0.583. The van der Waals surface area contributed by atoms with Crippen LogP contribution in [-0.2, 0) is 0 Å². The van der Waals surface area contributed by atoms with Gasteiger partial charge >= 0.3 is 0 Å². The quantitative estimate of drug-likeness (QED) is 0.720. The molecule has 1 saturated carbocycles. The number of hydrogen-bond acceptors (Lipinski definition) is 2. The number of aryl methyl sites for hydroxylation is 1. The Kier molecular flexibility index (Phi) is 2.46. The topological polar surface area (TPSA) is 42.2 Å². The molecule has 0 amide bonds. The van der Waals surface area contributed by atoms with Crippen LogP contribution in [0.15, 0.2) is 16.9 Å². The van der Waals surface area contributed by atoms with Gasteiger partial charge in [-0.15, -0.1) is 0 Å². The van der Waals surface area contributed by atoms with E-state index < -0.39 is 5.56 Å². The van der Waals surface area contributed by atoms with Gasteiger partial charge in [-0.3, -0.25) is 4.79 Å². The van der Waals surface area contributed by atoms with Gasteiger partial charge in [0, 0.05) is 13.4 Å². The molecule has 82 valence electrons. The number of hydrogen-bond donors (Lipinski definition) is 1. The molecular formula is C12H17NO2. The van der Waals surface area contributed by atoms with Gasteiger partial charge in [-0.1, -0.05) is 19.3 Å². The molecule has 15 heavy (non-hydrogen) atoms. The highest BCUT2D eigenvalue weighted by atomic mass is 16.5. The molecule has 1 aliphatic carbocycles. The zero-order chi connectivity index (χ0) is 11.5. The van der Waals surface area contributed by atoms with Gasteiger partial charge in [0.1, 0.15) is 0 Å². The highest BCUT2D eigenvalue weighted by Gasteiger charge is 2.19. The van der Waals surface area contributed by atoms with Crippen molar-refractivity contribution < 1.29 is 6.58 Å². The second-order valence-electron chi connectivity index (χ2n) is 4.27. The predicted molar refractivity (Wildman–Crippen MR) is 58.4 cm³/mol. The zero-order valence-electron chi connectivity index (χ0n) is 9.78. The van der Waals surface area contributed by atoms with E-state index in [0.717, 1.165) is 30.4 Å². The van der Waals surface area contributed by atoms with Crippen molar-refractivity contribution in [2.24, 2.45) is 0 Å². The van der Waals surface area contributed by atoms with Crippen molar-refractivity contribution in [1.29, 1.82) is 0 Å². The molecule has 1 aromatic heterocycles. The first-order chi connectivity index (χ1) is 7.72. The maximum absolute atomic E-state index is 11.5. The summed E-state index contributed by atoms with van der Waals surface area (Å²) in [6.07, 6.45) is 5.61. The van der Waals surface area contributed by atoms with E-state index >= 15 is 0 Å².